The van der Waals surface area contributed by atoms with Gasteiger partial charge in [-0.15, -0.1) is 0 Å². The van der Waals surface area contributed by atoms with Crippen molar-refractivity contribution in [3.05, 3.63) is 34.8 Å². The molecule has 1 aromatic heterocycles. The van der Waals surface area contributed by atoms with Crippen LogP contribution in [-0.4, -0.2) is 53.0 Å². The molecule has 3 fully saturated rings. The standard InChI is InChI=1S/C22H29N3O3/c26-20-8-10-22(16-24(20)14-17-6-7-17)9-3-11-23(15-22)12-13-25-18-4-1-2-5-19(18)28-21(25)27/h1-2,4-5,17H,3,6-16H2/t22-/m0/s1. The second-order valence-electron chi connectivity index (χ2n) is 9.08. The van der Waals surface area contributed by atoms with E-state index in [0.29, 0.717) is 24.5 Å². The van der Waals surface area contributed by atoms with Crippen LogP contribution in [0, 0.1) is 11.3 Å². The molecule has 6 nitrogen and oxygen atoms in total. The van der Waals surface area contributed by atoms with Gasteiger partial charge in [-0.05, 0) is 56.7 Å². The second kappa shape index (κ2) is 7.07. The van der Waals surface area contributed by atoms with Gasteiger partial charge in [-0.1, -0.05) is 12.1 Å². The van der Waals surface area contributed by atoms with Crippen molar-refractivity contribution in [3.63, 3.8) is 0 Å². The van der Waals surface area contributed by atoms with E-state index in [4.69, 9.17) is 4.42 Å². The molecule has 0 bridgehead atoms. The van der Waals surface area contributed by atoms with Gasteiger partial charge in [0.25, 0.3) is 0 Å². The van der Waals surface area contributed by atoms with Crippen LogP contribution >= 0.6 is 0 Å². The molecule has 0 radical (unpaired) electrons. The topological polar surface area (TPSA) is 58.7 Å². The molecule has 1 aromatic carbocycles. The summed E-state index contributed by atoms with van der Waals surface area (Å²) in [5.41, 5.74) is 1.77. The van der Waals surface area contributed by atoms with E-state index in [2.05, 4.69) is 9.80 Å². The number of piperidine rings is 2. The van der Waals surface area contributed by atoms with E-state index in [1.807, 2.05) is 24.3 Å². The zero-order valence-corrected chi connectivity index (χ0v) is 16.4. The third-order valence-electron chi connectivity index (χ3n) is 6.88. The lowest BCUT2D eigenvalue weighted by Crippen LogP contribution is -2.54. The first kappa shape index (κ1) is 18.0. The number of carbonyl (C=O) groups excluding carboxylic acids is 1. The maximum absolute atomic E-state index is 12.4. The minimum absolute atomic E-state index is 0.241. The number of rotatable bonds is 5. The largest absolute Gasteiger partial charge is 0.419 e. The Morgan fingerprint density at radius 1 is 1.07 bits per heavy atom. The normalized spacial score (nSPS) is 26.4. The van der Waals surface area contributed by atoms with Gasteiger partial charge in [-0.2, -0.15) is 0 Å². The van der Waals surface area contributed by atoms with E-state index in [9.17, 15) is 9.59 Å². The number of amides is 1. The Balaban J connectivity index is 1.26. The number of likely N-dealkylation sites (tertiary alicyclic amines) is 2. The first-order chi connectivity index (χ1) is 13.6. The number of nitrogens with zero attached hydrogens (tertiary/aromatic N) is 3. The fourth-order valence-corrected chi connectivity index (χ4v) is 5.18. The molecule has 1 spiro atoms. The van der Waals surface area contributed by atoms with E-state index >= 15 is 0 Å². The molecule has 1 aliphatic carbocycles. The average Bonchev–Trinajstić information content (AvgIpc) is 3.45. The average molecular weight is 383 g/mol. The van der Waals surface area contributed by atoms with Crippen molar-refractivity contribution in [3.8, 4) is 0 Å². The molecule has 1 saturated carbocycles. The Morgan fingerprint density at radius 2 is 1.93 bits per heavy atom. The van der Waals surface area contributed by atoms with Gasteiger partial charge in [0.15, 0.2) is 5.58 Å². The van der Waals surface area contributed by atoms with Gasteiger partial charge in [-0.25, -0.2) is 4.79 Å². The van der Waals surface area contributed by atoms with E-state index in [0.717, 1.165) is 50.6 Å². The lowest BCUT2D eigenvalue weighted by atomic mass is 9.73. The fraction of sp³-hybridized carbons (Fsp3) is 0.636. The molecular weight excluding hydrogens is 354 g/mol. The van der Waals surface area contributed by atoms with Crippen molar-refractivity contribution in [2.24, 2.45) is 11.3 Å². The second-order valence-corrected chi connectivity index (χ2v) is 9.08. The van der Waals surface area contributed by atoms with Crippen molar-refractivity contribution < 1.29 is 9.21 Å². The molecule has 3 aliphatic rings. The number of aromatic nitrogens is 1. The first-order valence-corrected chi connectivity index (χ1v) is 10.7. The molecule has 150 valence electrons. The van der Waals surface area contributed by atoms with Crippen molar-refractivity contribution in [2.75, 3.05) is 32.7 Å². The Hall–Kier alpha value is -2.08. The minimum Gasteiger partial charge on any atom is -0.408 e. The van der Waals surface area contributed by atoms with Gasteiger partial charge in [0.2, 0.25) is 5.91 Å². The lowest BCUT2D eigenvalue weighted by molar-refractivity contribution is -0.139. The lowest BCUT2D eigenvalue weighted by Gasteiger charge is -2.48. The molecule has 2 aliphatic heterocycles. The molecule has 28 heavy (non-hydrogen) atoms. The highest BCUT2D eigenvalue weighted by atomic mass is 16.4. The molecule has 2 aromatic rings. The quantitative estimate of drug-likeness (QED) is 0.797. The maximum Gasteiger partial charge on any atom is 0.419 e. The van der Waals surface area contributed by atoms with Crippen LogP contribution < -0.4 is 5.76 Å². The van der Waals surface area contributed by atoms with Crippen LogP contribution in [0.25, 0.3) is 11.1 Å². The maximum atomic E-state index is 12.4. The van der Waals surface area contributed by atoms with Gasteiger partial charge in [-0.3, -0.25) is 9.36 Å². The van der Waals surface area contributed by atoms with E-state index in [-0.39, 0.29) is 11.2 Å². The van der Waals surface area contributed by atoms with Crippen LogP contribution in [0.3, 0.4) is 0 Å². The van der Waals surface area contributed by atoms with Crippen LogP contribution in [0.2, 0.25) is 0 Å². The summed E-state index contributed by atoms with van der Waals surface area (Å²) in [6.45, 7) is 5.50. The number of hydrogen-bond donors (Lipinski definition) is 0. The molecule has 3 heterocycles. The van der Waals surface area contributed by atoms with Crippen molar-refractivity contribution in [2.45, 2.75) is 45.1 Å². The molecule has 6 heteroatoms. The van der Waals surface area contributed by atoms with Crippen molar-refractivity contribution in [1.82, 2.24) is 14.4 Å². The number of hydrogen-bond acceptors (Lipinski definition) is 4. The first-order valence-electron chi connectivity index (χ1n) is 10.7. The monoisotopic (exact) mass is 383 g/mol. The van der Waals surface area contributed by atoms with Gasteiger partial charge in [0.05, 0.1) is 5.52 Å². The zero-order valence-electron chi connectivity index (χ0n) is 16.4. The fourth-order valence-electron chi connectivity index (χ4n) is 5.18. The molecular formula is C22H29N3O3. The van der Waals surface area contributed by atoms with Crippen LogP contribution in [-0.2, 0) is 11.3 Å². The number of oxazole rings is 1. The summed E-state index contributed by atoms with van der Waals surface area (Å²) in [5.74, 6) is 0.831. The smallest absolute Gasteiger partial charge is 0.408 e. The summed E-state index contributed by atoms with van der Waals surface area (Å²) in [4.78, 5) is 29.2. The Labute approximate surface area is 165 Å². The predicted molar refractivity (Wildman–Crippen MR) is 107 cm³/mol. The van der Waals surface area contributed by atoms with E-state index in [1.165, 1.54) is 25.7 Å². The third-order valence-corrected chi connectivity index (χ3v) is 6.88. The summed E-state index contributed by atoms with van der Waals surface area (Å²) in [6, 6.07) is 7.62. The molecule has 0 N–H and O–H groups in total. The van der Waals surface area contributed by atoms with Gasteiger partial charge in [0, 0.05) is 44.6 Å². The highest BCUT2D eigenvalue weighted by molar-refractivity contribution is 5.77. The van der Waals surface area contributed by atoms with Crippen LogP contribution in [0.15, 0.2) is 33.5 Å². The van der Waals surface area contributed by atoms with Gasteiger partial charge in [0.1, 0.15) is 0 Å². The predicted octanol–water partition coefficient (Wildman–Crippen LogP) is 2.71. The summed E-state index contributed by atoms with van der Waals surface area (Å²) >= 11 is 0. The van der Waals surface area contributed by atoms with Crippen LogP contribution in [0.1, 0.15) is 38.5 Å². The Morgan fingerprint density at radius 3 is 2.79 bits per heavy atom. The third kappa shape index (κ3) is 3.50. The number of benzene rings is 1. The summed E-state index contributed by atoms with van der Waals surface area (Å²) in [5, 5.41) is 0. The Kier molecular flexibility index (Phi) is 4.54. The Bertz CT molecular complexity index is 928. The van der Waals surface area contributed by atoms with Crippen LogP contribution in [0.5, 0.6) is 0 Å². The van der Waals surface area contributed by atoms with E-state index in [1.54, 1.807) is 4.57 Å². The zero-order chi connectivity index (χ0) is 19.1. The number of para-hydroxylation sites is 2. The molecule has 1 amide bonds. The molecule has 5 rings (SSSR count). The van der Waals surface area contributed by atoms with E-state index < -0.39 is 0 Å². The highest BCUT2D eigenvalue weighted by Gasteiger charge is 2.42. The van der Waals surface area contributed by atoms with Crippen molar-refractivity contribution >= 4 is 17.0 Å². The number of carbonyl (C=O) groups is 1. The molecule has 1 atom stereocenters. The SMILES string of the molecule is O=C1CC[C@]2(CCCN(CCn3c(=O)oc4ccccc43)C2)CN1CC1CC1. The molecule has 0 unspecified atom stereocenters. The van der Waals surface area contributed by atoms with Crippen LogP contribution in [0.4, 0.5) is 0 Å². The summed E-state index contributed by atoms with van der Waals surface area (Å²) in [6.07, 6.45) is 6.68. The van der Waals surface area contributed by atoms with Crippen molar-refractivity contribution in [1.29, 1.82) is 0 Å². The summed E-state index contributed by atoms with van der Waals surface area (Å²) < 4.78 is 7.11. The van der Waals surface area contributed by atoms with Gasteiger partial charge < -0.3 is 14.2 Å². The minimum atomic E-state index is -0.271. The summed E-state index contributed by atoms with van der Waals surface area (Å²) in [7, 11) is 0. The number of fused-ring (bicyclic) bond motifs is 1. The molecule has 2 saturated heterocycles. The highest BCUT2D eigenvalue weighted by Crippen LogP contribution is 2.40. The van der Waals surface area contributed by atoms with Gasteiger partial charge >= 0.3 is 5.76 Å².